The van der Waals surface area contributed by atoms with Crippen LogP contribution < -0.4 is 10.1 Å². The molecule has 2 aromatic rings. The fourth-order valence-electron chi connectivity index (χ4n) is 4.18. The number of nitrogens with zero attached hydrogens (tertiary/aromatic N) is 1. The maximum atomic E-state index is 12.7. The molecule has 4 rings (SSSR count). The number of likely N-dealkylation sites (tertiary alicyclic amines) is 1. The smallest absolute Gasteiger partial charge is 0.231 e. The van der Waals surface area contributed by atoms with Crippen LogP contribution in [0.4, 0.5) is 0 Å². The molecule has 2 heterocycles. The second-order valence-corrected chi connectivity index (χ2v) is 7.70. The molecule has 27 heavy (non-hydrogen) atoms. The predicted octanol–water partition coefficient (Wildman–Crippen LogP) is 3.85. The third-order valence-electron chi connectivity index (χ3n) is 5.90. The van der Waals surface area contributed by atoms with Crippen LogP contribution in [0.3, 0.4) is 0 Å². The molecule has 0 aromatic heterocycles. The summed E-state index contributed by atoms with van der Waals surface area (Å²) >= 11 is 0. The molecule has 142 valence electrons. The highest BCUT2D eigenvalue weighted by Gasteiger charge is 2.29. The number of rotatable bonds is 5. The lowest BCUT2D eigenvalue weighted by molar-refractivity contribution is -0.122. The number of hydrogen-bond donors (Lipinski definition) is 1. The third-order valence-corrected chi connectivity index (χ3v) is 5.90. The van der Waals surface area contributed by atoms with Crippen molar-refractivity contribution >= 4 is 5.91 Å². The van der Waals surface area contributed by atoms with Gasteiger partial charge in [-0.3, -0.25) is 9.69 Å². The van der Waals surface area contributed by atoms with Gasteiger partial charge in [-0.2, -0.15) is 0 Å². The summed E-state index contributed by atoms with van der Waals surface area (Å²) in [5.74, 6) is 0.661. The minimum absolute atomic E-state index is 0.0427. The second kappa shape index (κ2) is 8.13. The van der Waals surface area contributed by atoms with E-state index in [0.29, 0.717) is 19.2 Å². The molecular weight excluding hydrogens is 336 g/mol. The lowest BCUT2D eigenvalue weighted by atomic mass is 9.99. The van der Waals surface area contributed by atoms with Crippen LogP contribution in [-0.2, 0) is 17.9 Å². The number of carbonyl (C=O) groups excluding carboxylic acids is 1. The van der Waals surface area contributed by atoms with E-state index in [-0.39, 0.29) is 11.8 Å². The molecule has 0 saturated carbocycles. The Morgan fingerprint density at radius 2 is 1.89 bits per heavy atom. The monoisotopic (exact) mass is 364 g/mol. The molecule has 0 spiro atoms. The minimum atomic E-state index is -0.213. The van der Waals surface area contributed by atoms with E-state index in [4.69, 9.17) is 4.74 Å². The van der Waals surface area contributed by atoms with E-state index in [0.717, 1.165) is 24.4 Å². The Labute approximate surface area is 161 Å². The van der Waals surface area contributed by atoms with E-state index >= 15 is 0 Å². The summed E-state index contributed by atoms with van der Waals surface area (Å²) in [5.41, 5.74) is 3.51. The first-order chi connectivity index (χ1) is 13.2. The summed E-state index contributed by atoms with van der Waals surface area (Å²) < 4.78 is 5.65. The van der Waals surface area contributed by atoms with Gasteiger partial charge in [-0.15, -0.1) is 0 Å². The van der Waals surface area contributed by atoms with Gasteiger partial charge in [-0.25, -0.2) is 0 Å². The molecule has 4 heteroatoms. The van der Waals surface area contributed by atoms with Crippen molar-refractivity contribution in [2.75, 3.05) is 13.2 Å². The van der Waals surface area contributed by atoms with Crippen molar-refractivity contribution in [2.24, 2.45) is 0 Å². The third kappa shape index (κ3) is 4.01. The first-order valence-corrected chi connectivity index (χ1v) is 10.0. The Hall–Kier alpha value is -2.33. The van der Waals surface area contributed by atoms with Gasteiger partial charge in [0, 0.05) is 24.7 Å². The van der Waals surface area contributed by atoms with Crippen molar-refractivity contribution in [2.45, 2.75) is 51.2 Å². The Bertz CT molecular complexity index is 804. The Kier molecular flexibility index (Phi) is 5.44. The second-order valence-electron chi connectivity index (χ2n) is 7.70. The number of nitrogens with one attached hydrogen (secondary N) is 1. The van der Waals surface area contributed by atoms with Crippen molar-refractivity contribution in [1.82, 2.24) is 10.2 Å². The lowest BCUT2D eigenvalue weighted by Gasteiger charge is -2.33. The highest BCUT2D eigenvalue weighted by Crippen LogP contribution is 2.33. The number of piperidine rings is 1. The van der Waals surface area contributed by atoms with Gasteiger partial charge in [0.15, 0.2) is 0 Å². The van der Waals surface area contributed by atoms with Crippen molar-refractivity contribution in [3.8, 4) is 5.75 Å². The normalized spacial score (nSPS) is 22.1. The molecule has 2 atom stereocenters. The van der Waals surface area contributed by atoms with Crippen molar-refractivity contribution in [1.29, 1.82) is 0 Å². The summed E-state index contributed by atoms with van der Waals surface area (Å²) in [7, 11) is 0. The quantitative estimate of drug-likeness (QED) is 0.876. The number of benzene rings is 2. The topological polar surface area (TPSA) is 41.6 Å². The number of para-hydroxylation sites is 1. The molecule has 0 bridgehead atoms. The van der Waals surface area contributed by atoms with Crippen LogP contribution in [-0.4, -0.2) is 30.0 Å². The average molecular weight is 364 g/mol. The van der Waals surface area contributed by atoms with Gasteiger partial charge in [-0.1, -0.05) is 48.9 Å². The Morgan fingerprint density at radius 1 is 1.11 bits per heavy atom. The first-order valence-electron chi connectivity index (χ1n) is 10.0. The molecule has 2 aliphatic heterocycles. The van der Waals surface area contributed by atoms with Crippen molar-refractivity contribution < 1.29 is 9.53 Å². The van der Waals surface area contributed by atoms with Gasteiger partial charge in [-0.05, 0) is 43.5 Å². The Balaban J connectivity index is 1.41. The largest absolute Gasteiger partial charge is 0.492 e. The molecule has 1 saturated heterocycles. The predicted molar refractivity (Wildman–Crippen MR) is 107 cm³/mol. The van der Waals surface area contributed by atoms with Crippen LogP contribution in [0.1, 0.15) is 48.8 Å². The van der Waals surface area contributed by atoms with Crippen molar-refractivity contribution in [3.63, 3.8) is 0 Å². The summed E-state index contributed by atoms with van der Waals surface area (Å²) in [4.78, 5) is 15.3. The fraction of sp³-hybridized carbons (Fsp3) is 0.435. The zero-order valence-electron chi connectivity index (χ0n) is 16.0. The van der Waals surface area contributed by atoms with Crippen LogP contribution >= 0.6 is 0 Å². The summed E-state index contributed by atoms with van der Waals surface area (Å²) in [6.07, 6.45) is 3.89. The van der Waals surface area contributed by atoms with Crippen LogP contribution in [0.2, 0.25) is 0 Å². The van der Waals surface area contributed by atoms with Crippen LogP contribution in [0.25, 0.3) is 0 Å². The SMILES string of the molecule is CC1CCCCN1Cc1ccccc1CNC(=O)C1COc2ccccc21. The molecule has 2 aromatic carbocycles. The first kappa shape index (κ1) is 18.1. The number of amides is 1. The zero-order valence-corrected chi connectivity index (χ0v) is 16.0. The molecule has 1 fully saturated rings. The highest BCUT2D eigenvalue weighted by atomic mass is 16.5. The maximum Gasteiger partial charge on any atom is 0.231 e. The molecule has 1 N–H and O–H groups in total. The lowest BCUT2D eigenvalue weighted by Crippen LogP contribution is -2.37. The molecule has 4 nitrogen and oxygen atoms in total. The van der Waals surface area contributed by atoms with E-state index in [1.807, 2.05) is 24.3 Å². The van der Waals surface area contributed by atoms with E-state index < -0.39 is 0 Å². The van der Waals surface area contributed by atoms with Gasteiger partial charge in [0.05, 0.1) is 0 Å². The van der Waals surface area contributed by atoms with Crippen LogP contribution in [0, 0.1) is 0 Å². The minimum Gasteiger partial charge on any atom is -0.492 e. The number of fused-ring (bicyclic) bond motifs is 1. The van der Waals surface area contributed by atoms with E-state index in [1.54, 1.807) is 0 Å². The molecule has 2 unspecified atom stereocenters. The van der Waals surface area contributed by atoms with Gasteiger partial charge in [0.1, 0.15) is 18.3 Å². The number of hydrogen-bond acceptors (Lipinski definition) is 3. The molecule has 0 aliphatic carbocycles. The van der Waals surface area contributed by atoms with Crippen LogP contribution in [0.5, 0.6) is 5.75 Å². The van der Waals surface area contributed by atoms with E-state index in [9.17, 15) is 4.79 Å². The molecule has 2 aliphatic rings. The summed E-state index contributed by atoms with van der Waals surface area (Å²) in [6.45, 7) is 5.44. The summed E-state index contributed by atoms with van der Waals surface area (Å²) in [5, 5.41) is 3.13. The van der Waals surface area contributed by atoms with Gasteiger partial charge in [0.2, 0.25) is 5.91 Å². The van der Waals surface area contributed by atoms with Crippen LogP contribution in [0.15, 0.2) is 48.5 Å². The number of carbonyl (C=O) groups is 1. The Morgan fingerprint density at radius 3 is 2.74 bits per heavy atom. The van der Waals surface area contributed by atoms with Gasteiger partial charge in [0.25, 0.3) is 0 Å². The average Bonchev–Trinajstić information content (AvgIpc) is 3.13. The van der Waals surface area contributed by atoms with Crippen molar-refractivity contribution in [3.05, 3.63) is 65.2 Å². The standard InChI is InChI=1S/C23H28N2O2/c1-17-8-6-7-13-25(17)15-19-10-3-2-9-18(19)14-24-23(26)21-16-27-22-12-5-4-11-20(21)22/h2-5,9-12,17,21H,6-8,13-16H2,1H3,(H,24,26). The maximum absolute atomic E-state index is 12.7. The fourth-order valence-corrected chi connectivity index (χ4v) is 4.18. The number of ether oxygens (including phenoxy) is 1. The molecular formula is C23H28N2O2. The zero-order chi connectivity index (χ0) is 18.6. The molecule has 0 radical (unpaired) electrons. The highest BCUT2D eigenvalue weighted by molar-refractivity contribution is 5.85. The van der Waals surface area contributed by atoms with E-state index in [2.05, 4.69) is 41.4 Å². The summed E-state index contributed by atoms with van der Waals surface area (Å²) in [6, 6.07) is 16.9. The molecule has 1 amide bonds. The van der Waals surface area contributed by atoms with Gasteiger partial charge >= 0.3 is 0 Å². The van der Waals surface area contributed by atoms with E-state index in [1.165, 1.54) is 30.4 Å². The van der Waals surface area contributed by atoms with Gasteiger partial charge < -0.3 is 10.1 Å².